The number of allylic oxidation sites excluding steroid dienone is 1. The van der Waals surface area contributed by atoms with E-state index in [1.807, 2.05) is 26.8 Å². The second-order valence-corrected chi connectivity index (χ2v) is 7.08. The van der Waals surface area contributed by atoms with Crippen LogP contribution in [0.1, 0.15) is 74.1 Å². The van der Waals surface area contributed by atoms with Crippen LogP contribution in [0.4, 0.5) is 0 Å². The molecular weight excluding hydrogens is 266 g/mol. The first-order valence-electron chi connectivity index (χ1n) is 7.55. The van der Waals surface area contributed by atoms with E-state index in [0.717, 1.165) is 19.3 Å². The number of nitrogens with zero attached hydrogens (tertiary/aromatic N) is 1. The van der Waals surface area contributed by atoms with Gasteiger partial charge in [0.15, 0.2) is 5.57 Å². The van der Waals surface area contributed by atoms with Crippen LogP contribution in [-0.2, 0) is 14.3 Å². The Bertz CT molecular complexity index is 417. The third-order valence-electron chi connectivity index (χ3n) is 2.43. The first-order valence-corrected chi connectivity index (χ1v) is 7.55. The Labute approximate surface area is 129 Å². The number of carbonyl (C=O) groups is 1. The molecule has 0 heterocycles. The molecule has 0 aliphatic heterocycles. The van der Waals surface area contributed by atoms with E-state index in [9.17, 15) is 10.1 Å². The van der Waals surface area contributed by atoms with Gasteiger partial charge in [-0.3, -0.25) is 0 Å². The molecule has 0 aromatic rings. The maximum Gasteiger partial charge on any atom is 0.352 e. The Kier molecular flexibility index (Phi) is 7.49. The Hall–Kier alpha value is -1.50. The van der Waals surface area contributed by atoms with Gasteiger partial charge in [-0.05, 0) is 48.0 Å². The van der Waals surface area contributed by atoms with Crippen molar-refractivity contribution in [2.75, 3.05) is 0 Å². The van der Waals surface area contributed by atoms with Crippen molar-refractivity contribution in [2.24, 2.45) is 0 Å². The van der Waals surface area contributed by atoms with Crippen LogP contribution in [0.25, 0.3) is 0 Å². The van der Waals surface area contributed by atoms with E-state index >= 15 is 0 Å². The third-order valence-corrected chi connectivity index (χ3v) is 2.43. The molecule has 4 heteroatoms. The van der Waals surface area contributed by atoms with Crippen LogP contribution in [0.3, 0.4) is 0 Å². The Morgan fingerprint density at radius 3 is 1.90 bits per heavy atom. The van der Waals surface area contributed by atoms with Crippen molar-refractivity contribution in [3.8, 4) is 6.07 Å². The van der Waals surface area contributed by atoms with E-state index in [1.165, 1.54) is 0 Å². The number of rotatable bonds is 6. The highest BCUT2D eigenvalue weighted by molar-refractivity contribution is 5.93. The Morgan fingerprint density at radius 2 is 1.52 bits per heavy atom. The lowest BCUT2D eigenvalue weighted by Crippen LogP contribution is -2.27. The van der Waals surface area contributed by atoms with Crippen LogP contribution in [0.5, 0.6) is 0 Å². The average Bonchev–Trinajstić information content (AvgIpc) is 2.25. The number of nitriles is 1. The summed E-state index contributed by atoms with van der Waals surface area (Å²) in [6.07, 6.45) is 3.56. The monoisotopic (exact) mass is 295 g/mol. The smallest absolute Gasteiger partial charge is 0.352 e. The molecule has 120 valence electrons. The van der Waals surface area contributed by atoms with Crippen molar-refractivity contribution in [3.63, 3.8) is 0 Å². The molecular formula is C17H29NO3. The van der Waals surface area contributed by atoms with E-state index in [-0.39, 0.29) is 5.57 Å². The fourth-order valence-electron chi connectivity index (χ4n) is 1.68. The lowest BCUT2D eigenvalue weighted by Gasteiger charge is -2.25. The number of ether oxygens (including phenoxy) is 2. The van der Waals surface area contributed by atoms with Crippen molar-refractivity contribution in [1.82, 2.24) is 0 Å². The van der Waals surface area contributed by atoms with E-state index in [4.69, 9.17) is 9.47 Å². The minimum atomic E-state index is -0.630. The maximum atomic E-state index is 12.2. The second kappa shape index (κ2) is 8.07. The van der Waals surface area contributed by atoms with Gasteiger partial charge in [-0.2, -0.15) is 5.26 Å². The molecule has 0 radical (unpaired) electrons. The molecule has 0 atom stereocenters. The van der Waals surface area contributed by atoms with E-state index < -0.39 is 17.2 Å². The topological polar surface area (TPSA) is 59.3 Å². The Balaban J connectivity index is 5.33. The van der Waals surface area contributed by atoms with Gasteiger partial charge in [-0.25, -0.2) is 4.79 Å². The van der Waals surface area contributed by atoms with Gasteiger partial charge in [-0.1, -0.05) is 19.8 Å². The highest BCUT2D eigenvalue weighted by Crippen LogP contribution is 2.23. The first kappa shape index (κ1) is 19.5. The number of unbranched alkanes of at least 4 members (excludes halogenated alkanes) is 2. The summed E-state index contributed by atoms with van der Waals surface area (Å²) in [6.45, 7) is 13.1. The zero-order valence-electron chi connectivity index (χ0n) is 14.5. The highest BCUT2D eigenvalue weighted by Gasteiger charge is 2.26. The van der Waals surface area contributed by atoms with Crippen LogP contribution in [0, 0.1) is 11.3 Å². The van der Waals surface area contributed by atoms with Gasteiger partial charge in [0.05, 0.1) is 0 Å². The molecule has 0 aromatic carbocycles. The van der Waals surface area contributed by atoms with Crippen molar-refractivity contribution in [3.05, 3.63) is 11.3 Å². The highest BCUT2D eigenvalue weighted by atomic mass is 16.6. The van der Waals surface area contributed by atoms with E-state index in [0.29, 0.717) is 12.2 Å². The molecule has 0 unspecified atom stereocenters. The quantitative estimate of drug-likeness (QED) is 0.238. The molecule has 0 amide bonds. The number of hydrogen-bond donors (Lipinski definition) is 0. The molecule has 0 aromatic heterocycles. The molecule has 0 spiro atoms. The lowest BCUT2D eigenvalue weighted by atomic mass is 10.1. The van der Waals surface area contributed by atoms with Crippen LogP contribution < -0.4 is 0 Å². The van der Waals surface area contributed by atoms with Gasteiger partial charge in [0.25, 0.3) is 0 Å². The number of esters is 1. The summed E-state index contributed by atoms with van der Waals surface area (Å²) in [5.74, 6) is -0.173. The van der Waals surface area contributed by atoms with E-state index in [1.54, 1.807) is 20.8 Å². The largest absolute Gasteiger partial charge is 0.491 e. The summed E-state index contributed by atoms with van der Waals surface area (Å²) in [6, 6.07) is 1.95. The zero-order chi connectivity index (χ0) is 16.7. The normalized spacial score (nSPS) is 13.2. The van der Waals surface area contributed by atoms with Crippen LogP contribution in [0.2, 0.25) is 0 Å². The average molecular weight is 295 g/mol. The summed E-state index contributed by atoms with van der Waals surface area (Å²) >= 11 is 0. The van der Waals surface area contributed by atoms with Crippen molar-refractivity contribution < 1.29 is 14.3 Å². The van der Waals surface area contributed by atoms with Gasteiger partial charge in [0.1, 0.15) is 23.0 Å². The summed E-state index contributed by atoms with van der Waals surface area (Å²) in [5.41, 5.74) is -1.10. The fourth-order valence-corrected chi connectivity index (χ4v) is 1.68. The summed E-state index contributed by atoms with van der Waals surface area (Å²) < 4.78 is 11.1. The van der Waals surface area contributed by atoms with Crippen molar-refractivity contribution >= 4 is 5.97 Å². The van der Waals surface area contributed by atoms with Gasteiger partial charge in [0, 0.05) is 6.42 Å². The van der Waals surface area contributed by atoms with Gasteiger partial charge in [-0.15, -0.1) is 0 Å². The SMILES string of the molecule is CCCCC/C(OC(C)(C)C)=C(/C#N)C(=O)OC(C)(C)C. The molecule has 0 saturated heterocycles. The standard InChI is InChI=1S/C17H29NO3/c1-8-9-10-11-14(20-16(2,3)4)13(12-18)15(19)21-17(5,6)7/h8-11H2,1-7H3/b14-13+. The van der Waals surface area contributed by atoms with Gasteiger partial charge in [0.2, 0.25) is 0 Å². The molecule has 0 bridgehead atoms. The minimum Gasteiger partial charge on any atom is -0.491 e. The van der Waals surface area contributed by atoms with Crippen LogP contribution in [0.15, 0.2) is 11.3 Å². The minimum absolute atomic E-state index is 0.0176. The third kappa shape index (κ3) is 9.12. The molecule has 0 N–H and O–H groups in total. The lowest BCUT2D eigenvalue weighted by molar-refractivity contribution is -0.149. The van der Waals surface area contributed by atoms with Crippen molar-refractivity contribution in [2.45, 2.75) is 85.4 Å². The predicted octanol–water partition coefficient (Wildman–Crippen LogP) is 4.50. The molecule has 0 rings (SSSR count). The van der Waals surface area contributed by atoms with E-state index in [2.05, 4.69) is 6.92 Å². The predicted molar refractivity (Wildman–Crippen MR) is 83.5 cm³/mol. The summed E-state index contributed by atoms with van der Waals surface area (Å²) in [4.78, 5) is 12.2. The zero-order valence-corrected chi connectivity index (χ0v) is 14.5. The van der Waals surface area contributed by atoms with Crippen LogP contribution >= 0.6 is 0 Å². The van der Waals surface area contributed by atoms with Gasteiger partial charge < -0.3 is 9.47 Å². The Morgan fingerprint density at radius 1 is 1.00 bits per heavy atom. The van der Waals surface area contributed by atoms with Gasteiger partial charge >= 0.3 is 5.97 Å². The molecule has 4 nitrogen and oxygen atoms in total. The number of hydrogen-bond acceptors (Lipinski definition) is 4. The molecule has 21 heavy (non-hydrogen) atoms. The summed E-state index contributed by atoms with van der Waals surface area (Å²) in [7, 11) is 0. The fraction of sp³-hybridized carbons (Fsp3) is 0.765. The molecule has 0 aliphatic carbocycles. The molecule has 0 saturated carbocycles. The first-order chi connectivity index (χ1) is 9.50. The van der Waals surface area contributed by atoms with Crippen LogP contribution in [-0.4, -0.2) is 17.2 Å². The second-order valence-electron chi connectivity index (χ2n) is 7.08. The molecule has 0 fully saturated rings. The molecule has 0 aliphatic rings. The maximum absolute atomic E-state index is 12.2. The summed E-state index contributed by atoms with van der Waals surface area (Å²) in [5, 5.41) is 9.33. The van der Waals surface area contributed by atoms with Crippen molar-refractivity contribution in [1.29, 1.82) is 5.26 Å². The number of carbonyl (C=O) groups excluding carboxylic acids is 1.